The third kappa shape index (κ3) is 3.21. The highest BCUT2D eigenvalue weighted by Gasteiger charge is 2.69. The highest BCUT2D eigenvalue weighted by atomic mass is 32.2. The van der Waals surface area contributed by atoms with Crippen molar-refractivity contribution in [1.82, 2.24) is 0 Å². The van der Waals surface area contributed by atoms with Crippen LogP contribution in [0.1, 0.15) is 24.0 Å². The summed E-state index contributed by atoms with van der Waals surface area (Å²) in [6, 6.07) is 12.6. The summed E-state index contributed by atoms with van der Waals surface area (Å²) >= 11 is 0. The first-order valence-corrected chi connectivity index (χ1v) is 9.78. The van der Waals surface area contributed by atoms with E-state index in [1.807, 2.05) is 13.8 Å². The summed E-state index contributed by atoms with van der Waals surface area (Å²) in [5.74, 6) is -0.791. The molecular weight excluding hydrogens is 341 g/mol. The summed E-state index contributed by atoms with van der Waals surface area (Å²) in [5.41, 5.74) is 7.13. The van der Waals surface area contributed by atoms with Gasteiger partial charge in [-0.1, -0.05) is 29.8 Å². The van der Waals surface area contributed by atoms with Gasteiger partial charge in [0.2, 0.25) is 0 Å². The summed E-state index contributed by atoms with van der Waals surface area (Å²) in [7, 11) is -3.63. The third-order valence-corrected chi connectivity index (χ3v) is 7.08. The maximum absolute atomic E-state index is 13.2. The Morgan fingerprint density at radius 2 is 1.72 bits per heavy atom. The Hall–Kier alpha value is -1.76. The van der Waals surface area contributed by atoms with E-state index in [0.717, 1.165) is 5.56 Å². The van der Waals surface area contributed by atoms with E-state index in [0.29, 0.717) is 12.2 Å². The van der Waals surface area contributed by atoms with E-state index in [2.05, 4.69) is 0 Å². The number of sulfone groups is 1. The summed E-state index contributed by atoms with van der Waals surface area (Å²) in [6.45, 7) is 4.33. The first kappa shape index (κ1) is 18.0. The lowest BCUT2D eigenvalue weighted by Crippen LogP contribution is -2.36. The van der Waals surface area contributed by atoms with Gasteiger partial charge in [-0.2, -0.15) is 0 Å². The standard InChI is InChI=1S/C19H22FNO3S/c1-3-24-12-19(21)17(14-6-8-15(20)9-7-14)18(19)25(22,23)16-10-4-13(2)5-11-16/h4-11,17-18H,3,12,21H2,1-2H3/t17-,18+,19-/m1/s1. The van der Waals surface area contributed by atoms with Crippen molar-refractivity contribution < 1.29 is 17.5 Å². The summed E-state index contributed by atoms with van der Waals surface area (Å²) in [4.78, 5) is 0.249. The molecule has 2 aromatic rings. The molecule has 134 valence electrons. The Bertz CT molecular complexity index is 849. The molecule has 0 heterocycles. The molecule has 1 aliphatic rings. The van der Waals surface area contributed by atoms with E-state index in [1.165, 1.54) is 12.1 Å². The zero-order valence-corrected chi connectivity index (χ0v) is 15.1. The molecule has 0 bridgehead atoms. The number of hydrogen-bond acceptors (Lipinski definition) is 4. The van der Waals surface area contributed by atoms with Gasteiger partial charge in [-0.25, -0.2) is 12.8 Å². The van der Waals surface area contributed by atoms with Crippen LogP contribution >= 0.6 is 0 Å². The predicted molar refractivity (Wildman–Crippen MR) is 94.7 cm³/mol. The zero-order valence-electron chi connectivity index (χ0n) is 14.3. The first-order valence-electron chi connectivity index (χ1n) is 8.23. The van der Waals surface area contributed by atoms with Gasteiger partial charge in [0.05, 0.1) is 22.3 Å². The minimum atomic E-state index is -3.63. The smallest absolute Gasteiger partial charge is 0.183 e. The normalized spacial score (nSPS) is 25.8. The molecule has 2 aromatic carbocycles. The van der Waals surface area contributed by atoms with Gasteiger partial charge < -0.3 is 10.5 Å². The minimum Gasteiger partial charge on any atom is -0.380 e. The van der Waals surface area contributed by atoms with Crippen LogP contribution in [-0.4, -0.2) is 32.4 Å². The van der Waals surface area contributed by atoms with Crippen molar-refractivity contribution >= 4 is 9.84 Å². The molecule has 0 saturated heterocycles. The minimum absolute atomic E-state index is 0.140. The molecule has 6 heteroatoms. The Balaban J connectivity index is 1.99. The molecule has 0 aromatic heterocycles. The van der Waals surface area contributed by atoms with E-state index in [9.17, 15) is 12.8 Å². The number of ether oxygens (including phenoxy) is 1. The van der Waals surface area contributed by atoms with Crippen molar-refractivity contribution in [2.24, 2.45) is 5.73 Å². The van der Waals surface area contributed by atoms with Crippen molar-refractivity contribution in [3.8, 4) is 0 Å². The molecule has 0 unspecified atom stereocenters. The molecule has 0 radical (unpaired) electrons. The molecule has 1 saturated carbocycles. The second-order valence-electron chi connectivity index (χ2n) is 6.56. The van der Waals surface area contributed by atoms with E-state index < -0.39 is 26.5 Å². The molecule has 3 atom stereocenters. The fourth-order valence-electron chi connectivity index (χ4n) is 3.37. The summed E-state index contributed by atoms with van der Waals surface area (Å²) in [6.07, 6.45) is 0. The van der Waals surface area contributed by atoms with Gasteiger partial charge in [0.1, 0.15) is 5.82 Å². The Kier molecular flexibility index (Phi) is 4.70. The Labute approximate surface area is 147 Å². The number of nitrogens with two attached hydrogens (primary N) is 1. The summed E-state index contributed by atoms with van der Waals surface area (Å²) in [5, 5.41) is -0.792. The Morgan fingerprint density at radius 3 is 2.28 bits per heavy atom. The highest BCUT2D eigenvalue weighted by molar-refractivity contribution is 7.92. The number of hydrogen-bond donors (Lipinski definition) is 1. The number of aryl methyl sites for hydroxylation is 1. The van der Waals surface area contributed by atoms with Crippen LogP contribution in [0.25, 0.3) is 0 Å². The monoisotopic (exact) mass is 363 g/mol. The fourth-order valence-corrected chi connectivity index (χ4v) is 5.66. The molecule has 1 fully saturated rings. The zero-order chi connectivity index (χ0) is 18.2. The van der Waals surface area contributed by atoms with Gasteiger partial charge in [0.15, 0.2) is 9.84 Å². The molecule has 0 amide bonds. The van der Waals surface area contributed by atoms with Crippen LogP contribution in [-0.2, 0) is 14.6 Å². The van der Waals surface area contributed by atoms with Gasteiger partial charge in [-0.05, 0) is 43.7 Å². The first-order chi connectivity index (χ1) is 11.8. The van der Waals surface area contributed by atoms with Gasteiger partial charge in [0.25, 0.3) is 0 Å². The van der Waals surface area contributed by atoms with E-state index in [4.69, 9.17) is 10.5 Å². The van der Waals surface area contributed by atoms with Gasteiger partial charge in [0, 0.05) is 12.5 Å². The second-order valence-corrected chi connectivity index (χ2v) is 8.63. The average molecular weight is 363 g/mol. The van der Waals surface area contributed by atoms with Crippen LogP contribution in [0.4, 0.5) is 4.39 Å². The molecule has 2 N–H and O–H groups in total. The van der Waals surface area contributed by atoms with Crippen molar-refractivity contribution in [1.29, 1.82) is 0 Å². The van der Waals surface area contributed by atoms with Gasteiger partial charge in [-0.3, -0.25) is 0 Å². The topological polar surface area (TPSA) is 69.4 Å². The lowest BCUT2D eigenvalue weighted by molar-refractivity contribution is 0.125. The van der Waals surface area contributed by atoms with Crippen molar-refractivity contribution in [2.45, 2.75) is 35.4 Å². The average Bonchev–Trinajstić information content (AvgIpc) is 3.21. The van der Waals surface area contributed by atoms with Crippen LogP contribution in [0.15, 0.2) is 53.4 Å². The van der Waals surface area contributed by atoms with E-state index >= 15 is 0 Å². The number of rotatable bonds is 6. The molecule has 0 aliphatic heterocycles. The highest BCUT2D eigenvalue weighted by Crippen LogP contribution is 2.55. The van der Waals surface area contributed by atoms with Crippen LogP contribution < -0.4 is 5.73 Å². The largest absolute Gasteiger partial charge is 0.380 e. The SMILES string of the molecule is CCOC[C@@]1(N)[C@H](c2ccc(F)cc2)[C@@H]1S(=O)(=O)c1ccc(C)cc1. The fraction of sp³-hybridized carbons (Fsp3) is 0.368. The van der Waals surface area contributed by atoms with Gasteiger partial charge >= 0.3 is 0 Å². The van der Waals surface area contributed by atoms with Crippen LogP contribution in [0.5, 0.6) is 0 Å². The molecular formula is C19H22FNO3S. The summed E-state index contributed by atoms with van der Waals surface area (Å²) < 4.78 is 44.9. The molecule has 3 rings (SSSR count). The van der Waals surface area contributed by atoms with Crippen LogP contribution in [0.2, 0.25) is 0 Å². The predicted octanol–water partition coefficient (Wildman–Crippen LogP) is 2.81. The van der Waals surface area contributed by atoms with E-state index in [-0.39, 0.29) is 17.3 Å². The third-order valence-electron chi connectivity index (χ3n) is 4.77. The van der Waals surface area contributed by atoms with Crippen molar-refractivity contribution in [3.63, 3.8) is 0 Å². The van der Waals surface area contributed by atoms with Crippen molar-refractivity contribution in [2.75, 3.05) is 13.2 Å². The maximum Gasteiger partial charge on any atom is 0.183 e. The molecule has 1 aliphatic carbocycles. The van der Waals surface area contributed by atoms with Crippen LogP contribution in [0.3, 0.4) is 0 Å². The Morgan fingerprint density at radius 1 is 1.12 bits per heavy atom. The lowest BCUT2D eigenvalue weighted by Gasteiger charge is -2.12. The maximum atomic E-state index is 13.2. The van der Waals surface area contributed by atoms with Crippen molar-refractivity contribution in [3.05, 3.63) is 65.5 Å². The molecule has 25 heavy (non-hydrogen) atoms. The molecule has 4 nitrogen and oxygen atoms in total. The van der Waals surface area contributed by atoms with E-state index in [1.54, 1.807) is 36.4 Å². The number of benzene rings is 2. The molecule has 0 spiro atoms. The van der Waals surface area contributed by atoms with Gasteiger partial charge in [-0.15, -0.1) is 0 Å². The lowest BCUT2D eigenvalue weighted by atomic mass is 10.1. The second kappa shape index (κ2) is 6.52. The van der Waals surface area contributed by atoms with Crippen LogP contribution in [0, 0.1) is 12.7 Å². The number of halogens is 1. The quantitative estimate of drug-likeness (QED) is 0.857.